The van der Waals surface area contributed by atoms with Gasteiger partial charge in [0.15, 0.2) is 5.78 Å². The van der Waals surface area contributed by atoms with Gasteiger partial charge in [0.05, 0.1) is 6.54 Å². The summed E-state index contributed by atoms with van der Waals surface area (Å²) in [5.74, 6) is 0.969. The van der Waals surface area contributed by atoms with Gasteiger partial charge in [0.25, 0.3) is 5.24 Å². The fourth-order valence-electron chi connectivity index (χ4n) is 0.894. The monoisotopic (exact) mass is 173 g/mol. The Labute approximate surface area is 70.1 Å². The molecule has 0 spiro atoms. The zero-order chi connectivity index (χ0) is 8.27. The van der Waals surface area contributed by atoms with E-state index in [1.807, 2.05) is 6.92 Å². The highest BCUT2D eigenvalue weighted by atomic mass is 32.2. The molecule has 62 valence electrons. The predicted octanol–water partition coefficient (Wildman–Crippen LogP) is 1.13. The average molecular weight is 173 g/mol. The maximum Gasteiger partial charge on any atom is 0.282 e. The summed E-state index contributed by atoms with van der Waals surface area (Å²) in [5.41, 5.74) is 0. The lowest BCUT2D eigenvalue weighted by atomic mass is 10.3. The van der Waals surface area contributed by atoms with E-state index in [4.69, 9.17) is 0 Å². The normalized spacial score (nSPS) is 17.5. The van der Waals surface area contributed by atoms with Gasteiger partial charge in [-0.2, -0.15) is 0 Å². The minimum absolute atomic E-state index is 0.0480. The number of hydrogen-bond donors (Lipinski definition) is 0. The van der Waals surface area contributed by atoms with Crippen molar-refractivity contribution in [2.75, 3.05) is 18.8 Å². The molecule has 1 rings (SSSR count). The van der Waals surface area contributed by atoms with E-state index in [9.17, 15) is 9.59 Å². The zero-order valence-corrected chi connectivity index (χ0v) is 7.32. The molecule has 1 saturated heterocycles. The topological polar surface area (TPSA) is 37.4 Å². The highest BCUT2D eigenvalue weighted by molar-refractivity contribution is 8.13. The van der Waals surface area contributed by atoms with E-state index in [1.165, 1.54) is 11.8 Å². The third-order valence-electron chi connectivity index (χ3n) is 1.61. The highest BCUT2D eigenvalue weighted by Crippen LogP contribution is 2.16. The molecule has 11 heavy (non-hydrogen) atoms. The van der Waals surface area contributed by atoms with Crippen LogP contribution in [0.5, 0.6) is 0 Å². The minimum Gasteiger partial charge on any atom is -0.325 e. The van der Waals surface area contributed by atoms with Crippen LogP contribution >= 0.6 is 11.8 Å². The van der Waals surface area contributed by atoms with Crippen LogP contribution in [0.1, 0.15) is 13.3 Å². The van der Waals surface area contributed by atoms with Gasteiger partial charge in [-0.15, -0.1) is 0 Å². The molecule has 0 saturated carbocycles. The number of nitrogens with zero attached hydrogens (tertiary/aromatic N) is 1. The first-order valence-electron chi connectivity index (χ1n) is 3.67. The predicted molar refractivity (Wildman–Crippen MR) is 44.7 cm³/mol. The van der Waals surface area contributed by atoms with E-state index in [2.05, 4.69) is 0 Å². The van der Waals surface area contributed by atoms with Crippen LogP contribution in [0.3, 0.4) is 0 Å². The highest BCUT2D eigenvalue weighted by Gasteiger charge is 2.22. The van der Waals surface area contributed by atoms with Gasteiger partial charge in [0.2, 0.25) is 0 Å². The van der Waals surface area contributed by atoms with Crippen molar-refractivity contribution in [2.45, 2.75) is 13.3 Å². The molecule has 0 radical (unpaired) electrons. The third kappa shape index (κ3) is 2.22. The van der Waals surface area contributed by atoms with Crippen molar-refractivity contribution >= 4 is 22.8 Å². The molecule has 1 aliphatic heterocycles. The summed E-state index contributed by atoms with van der Waals surface area (Å²) in [4.78, 5) is 23.5. The van der Waals surface area contributed by atoms with Gasteiger partial charge in [0, 0.05) is 18.7 Å². The number of ketones is 1. The second kappa shape index (κ2) is 3.76. The number of thioether (sulfide) groups is 1. The number of amides is 1. The molecule has 3 nitrogen and oxygen atoms in total. The Hall–Kier alpha value is -0.510. The van der Waals surface area contributed by atoms with Gasteiger partial charge < -0.3 is 4.90 Å². The molecular formula is C7H11NO2S. The standard InChI is InChI=1S/C7H11NO2S/c1-2-6(9)5-8-3-4-11-7(8)10/h2-5H2,1H3. The Morgan fingerprint density at radius 1 is 1.73 bits per heavy atom. The van der Waals surface area contributed by atoms with Crippen molar-refractivity contribution in [3.05, 3.63) is 0 Å². The van der Waals surface area contributed by atoms with Crippen LogP contribution in [0.15, 0.2) is 0 Å². The molecule has 0 atom stereocenters. The quantitative estimate of drug-likeness (QED) is 0.642. The van der Waals surface area contributed by atoms with E-state index in [1.54, 1.807) is 4.90 Å². The summed E-state index contributed by atoms with van der Waals surface area (Å²) < 4.78 is 0. The Kier molecular flexibility index (Phi) is 2.93. The molecule has 0 aromatic carbocycles. The molecule has 0 aliphatic carbocycles. The largest absolute Gasteiger partial charge is 0.325 e. The molecule has 0 aromatic rings. The molecule has 4 heteroatoms. The smallest absolute Gasteiger partial charge is 0.282 e. The van der Waals surface area contributed by atoms with Gasteiger partial charge in [0.1, 0.15) is 0 Å². The third-order valence-corrected chi connectivity index (χ3v) is 2.50. The summed E-state index contributed by atoms with van der Waals surface area (Å²) in [6.45, 7) is 2.85. The number of carbonyl (C=O) groups is 2. The summed E-state index contributed by atoms with van der Waals surface area (Å²) in [7, 11) is 0. The first-order valence-corrected chi connectivity index (χ1v) is 4.66. The number of hydrogen-bond acceptors (Lipinski definition) is 3. The van der Waals surface area contributed by atoms with Gasteiger partial charge in [-0.25, -0.2) is 0 Å². The molecule has 1 amide bonds. The van der Waals surface area contributed by atoms with E-state index in [0.29, 0.717) is 13.0 Å². The summed E-state index contributed by atoms with van der Waals surface area (Å²) in [6, 6.07) is 0. The molecular weight excluding hydrogens is 162 g/mol. The van der Waals surface area contributed by atoms with E-state index >= 15 is 0 Å². The molecule has 1 fully saturated rings. The van der Waals surface area contributed by atoms with E-state index < -0.39 is 0 Å². The lowest BCUT2D eigenvalue weighted by molar-refractivity contribution is -0.119. The fraction of sp³-hybridized carbons (Fsp3) is 0.714. The first-order chi connectivity index (χ1) is 5.24. The zero-order valence-electron chi connectivity index (χ0n) is 6.50. The van der Waals surface area contributed by atoms with Gasteiger partial charge >= 0.3 is 0 Å². The van der Waals surface area contributed by atoms with Crippen LogP contribution in [0.2, 0.25) is 0 Å². The minimum atomic E-state index is 0.0480. The average Bonchev–Trinajstić information content (AvgIpc) is 2.37. The molecule has 0 N–H and O–H groups in total. The van der Waals surface area contributed by atoms with Crippen LogP contribution in [0.25, 0.3) is 0 Å². The van der Waals surface area contributed by atoms with Crippen molar-refractivity contribution in [1.82, 2.24) is 4.90 Å². The summed E-state index contributed by atoms with van der Waals surface area (Å²) in [5, 5.41) is 0.0480. The lowest BCUT2D eigenvalue weighted by Crippen LogP contribution is -2.29. The lowest BCUT2D eigenvalue weighted by Gasteiger charge is -2.11. The number of carbonyl (C=O) groups excluding carboxylic acids is 2. The van der Waals surface area contributed by atoms with Crippen LogP contribution in [0, 0.1) is 0 Å². The second-order valence-electron chi connectivity index (χ2n) is 2.43. The van der Waals surface area contributed by atoms with Gasteiger partial charge in [-0.3, -0.25) is 9.59 Å². The molecule has 1 heterocycles. The number of Topliss-reactive ketones (excluding diaryl/α,β-unsaturated/α-hetero) is 1. The van der Waals surface area contributed by atoms with Gasteiger partial charge in [-0.05, 0) is 0 Å². The fourth-order valence-corrected chi connectivity index (χ4v) is 1.72. The van der Waals surface area contributed by atoms with Crippen LogP contribution < -0.4 is 0 Å². The van der Waals surface area contributed by atoms with Gasteiger partial charge in [-0.1, -0.05) is 18.7 Å². The van der Waals surface area contributed by atoms with E-state index in [-0.39, 0.29) is 11.0 Å². The van der Waals surface area contributed by atoms with Crippen molar-refractivity contribution in [3.63, 3.8) is 0 Å². The summed E-state index contributed by atoms with van der Waals surface area (Å²) >= 11 is 1.29. The Bertz CT molecular complexity index is 181. The molecule has 1 aliphatic rings. The van der Waals surface area contributed by atoms with Crippen molar-refractivity contribution in [3.8, 4) is 0 Å². The van der Waals surface area contributed by atoms with Crippen molar-refractivity contribution in [1.29, 1.82) is 0 Å². The number of rotatable bonds is 3. The maximum absolute atomic E-state index is 11.0. The maximum atomic E-state index is 11.0. The van der Waals surface area contributed by atoms with Crippen molar-refractivity contribution < 1.29 is 9.59 Å². The first kappa shape index (κ1) is 8.59. The Morgan fingerprint density at radius 3 is 2.91 bits per heavy atom. The second-order valence-corrected chi connectivity index (χ2v) is 3.47. The van der Waals surface area contributed by atoms with E-state index in [0.717, 1.165) is 12.3 Å². The Balaban J connectivity index is 2.36. The Morgan fingerprint density at radius 2 is 2.45 bits per heavy atom. The summed E-state index contributed by atoms with van der Waals surface area (Å²) in [6.07, 6.45) is 0.522. The van der Waals surface area contributed by atoms with Crippen LogP contribution in [-0.2, 0) is 4.79 Å². The molecule has 0 bridgehead atoms. The molecule has 0 aromatic heterocycles. The van der Waals surface area contributed by atoms with Crippen LogP contribution in [0.4, 0.5) is 4.79 Å². The van der Waals surface area contributed by atoms with Crippen molar-refractivity contribution in [2.24, 2.45) is 0 Å². The SMILES string of the molecule is CCC(=O)CN1CCSC1=O. The molecule has 0 unspecified atom stereocenters. The van der Waals surface area contributed by atoms with Crippen LogP contribution in [-0.4, -0.2) is 34.8 Å².